The molecule has 1 aromatic rings. The smallest absolute Gasteiger partial charge is 0.142 e. The maximum Gasteiger partial charge on any atom is 0.142 e. The molecule has 0 radical (unpaired) electrons. The largest absolute Gasteiger partial charge is 0.494 e. The second-order valence-corrected chi connectivity index (χ2v) is 5.38. The van der Waals surface area contributed by atoms with E-state index in [1.165, 1.54) is 12.8 Å². The van der Waals surface area contributed by atoms with Gasteiger partial charge in [-0.15, -0.1) is 0 Å². The molecule has 0 aromatic heterocycles. The first-order valence-electron chi connectivity index (χ1n) is 8.16. The Morgan fingerprint density at radius 1 is 1.19 bits per heavy atom. The molecule has 1 aliphatic rings. The number of nitrogens with zero attached hydrogens (tertiary/aromatic N) is 1. The lowest BCUT2D eigenvalue weighted by atomic mass is 10.1. The lowest BCUT2D eigenvalue weighted by Crippen LogP contribution is -2.50. The maximum absolute atomic E-state index is 5.80. The van der Waals surface area contributed by atoms with Gasteiger partial charge in [0.2, 0.25) is 0 Å². The van der Waals surface area contributed by atoms with Gasteiger partial charge in [-0.2, -0.15) is 0 Å². The average Bonchev–Trinajstić information content (AvgIpc) is 2.50. The van der Waals surface area contributed by atoms with E-state index in [2.05, 4.69) is 23.2 Å². The van der Waals surface area contributed by atoms with Crippen molar-refractivity contribution in [2.45, 2.75) is 39.7 Å². The molecule has 0 amide bonds. The van der Waals surface area contributed by atoms with Crippen LogP contribution in [0.15, 0.2) is 18.2 Å². The zero-order valence-electron chi connectivity index (χ0n) is 13.5. The summed E-state index contributed by atoms with van der Waals surface area (Å²) in [5.41, 5.74) is 1.16. The lowest BCUT2D eigenvalue weighted by molar-refractivity contribution is 0.329. The second kappa shape index (κ2) is 8.13. The van der Waals surface area contributed by atoms with E-state index >= 15 is 0 Å². The summed E-state index contributed by atoms with van der Waals surface area (Å²) < 4.78 is 11.4. The molecule has 1 atom stereocenters. The third-order valence-corrected chi connectivity index (χ3v) is 3.77. The van der Waals surface area contributed by atoms with Crippen LogP contribution >= 0.6 is 0 Å². The Labute approximate surface area is 128 Å². The van der Waals surface area contributed by atoms with E-state index in [4.69, 9.17) is 9.47 Å². The van der Waals surface area contributed by atoms with Gasteiger partial charge in [0.05, 0.1) is 18.9 Å². The number of hydrogen-bond acceptors (Lipinski definition) is 4. The highest BCUT2D eigenvalue weighted by Gasteiger charge is 2.21. The van der Waals surface area contributed by atoms with Gasteiger partial charge in [-0.1, -0.05) is 13.3 Å². The minimum Gasteiger partial charge on any atom is -0.494 e. The van der Waals surface area contributed by atoms with E-state index in [1.807, 2.05) is 26.0 Å². The summed E-state index contributed by atoms with van der Waals surface area (Å²) in [4.78, 5) is 2.42. The molecule has 0 aliphatic carbocycles. The van der Waals surface area contributed by atoms with Crippen LogP contribution in [0, 0.1) is 0 Å². The first-order valence-corrected chi connectivity index (χ1v) is 8.16. The standard InChI is InChI=1S/C17H28N2O2/c1-4-7-14-13-19(11-10-18-14)16-12-15(20-5-2)8-9-17(16)21-6-3/h8-9,12,14,18H,4-7,10-11,13H2,1-3H3. The van der Waals surface area contributed by atoms with Gasteiger partial charge in [0.1, 0.15) is 11.5 Å². The number of rotatable bonds is 7. The third kappa shape index (κ3) is 4.27. The number of piperazine rings is 1. The molecule has 1 saturated heterocycles. The zero-order chi connectivity index (χ0) is 15.1. The predicted molar refractivity (Wildman–Crippen MR) is 87.7 cm³/mol. The number of benzene rings is 1. The number of hydrogen-bond donors (Lipinski definition) is 1. The average molecular weight is 292 g/mol. The van der Waals surface area contributed by atoms with Gasteiger partial charge in [-0.05, 0) is 32.4 Å². The van der Waals surface area contributed by atoms with Crippen molar-refractivity contribution in [1.82, 2.24) is 5.32 Å². The SMILES string of the molecule is CCCC1CN(c2cc(OCC)ccc2OCC)CCN1. The first kappa shape index (κ1) is 16.0. The van der Waals surface area contributed by atoms with Gasteiger partial charge in [0.25, 0.3) is 0 Å². The van der Waals surface area contributed by atoms with Gasteiger partial charge in [-0.25, -0.2) is 0 Å². The predicted octanol–water partition coefficient (Wildman–Crippen LogP) is 3.06. The highest BCUT2D eigenvalue weighted by Crippen LogP contribution is 2.33. The molecule has 1 fully saturated rings. The molecule has 2 rings (SSSR count). The van der Waals surface area contributed by atoms with E-state index in [-0.39, 0.29) is 0 Å². The molecule has 4 heteroatoms. The first-order chi connectivity index (χ1) is 10.3. The fourth-order valence-corrected chi connectivity index (χ4v) is 2.86. The van der Waals surface area contributed by atoms with Crippen molar-refractivity contribution in [3.05, 3.63) is 18.2 Å². The Hall–Kier alpha value is -1.42. The van der Waals surface area contributed by atoms with Crippen LogP contribution in [-0.2, 0) is 0 Å². The minimum absolute atomic E-state index is 0.564. The van der Waals surface area contributed by atoms with E-state index in [0.29, 0.717) is 19.3 Å². The van der Waals surface area contributed by atoms with E-state index in [1.54, 1.807) is 0 Å². The normalized spacial score (nSPS) is 18.6. The molecule has 0 saturated carbocycles. The fraction of sp³-hybridized carbons (Fsp3) is 0.647. The van der Waals surface area contributed by atoms with Crippen LogP contribution in [0.3, 0.4) is 0 Å². The van der Waals surface area contributed by atoms with Gasteiger partial charge in [0, 0.05) is 31.7 Å². The third-order valence-electron chi connectivity index (χ3n) is 3.77. The van der Waals surface area contributed by atoms with Crippen LogP contribution in [0.2, 0.25) is 0 Å². The molecule has 1 heterocycles. The van der Waals surface area contributed by atoms with Crippen molar-refractivity contribution in [3.8, 4) is 11.5 Å². The number of ether oxygens (including phenoxy) is 2. The molecule has 0 spiro atoms. The van der Waals surface area contributed by atoms with Crippen LogP contribution < -0.4 is 19.7 Å². The quantitative estimate of drug-likeness (QED) is 0.837. The van der Waals surface area contributed by atoms with Crippen molar-refractivity contribution < 1.29 is 9.47 Å². The molecular weight excluding hydrogens is 264 g/mol. The molecule has 118 valence electrons. The lowest BCUT2D eigenvalue weighted by Gasteiger charge is -2.36. The van der Waals surface area contributed by atoms with Gasteiger partial charge in [0.15, 0.2) is 0 Å². The van der Waals surface area contributed by atoms with Crippen LogP contribution in [0.25, 0.3) is 0 Å². The van der Waals surface area contributed by atoms with Crippen molar-refractivity contribution >= 4 is 5.69 Å². The molecule has 1 N–H and O–H groups in total. The topological polar surface area (TPSA) is 33.7 Å². The van der Waals surface area contributed by atoms with Crippen molar-refractivity contribution in [3.63, 3.8) is 0 Å². The van der Waals surface area contributed by atoms with E-state index in [9.17, 15) is 0 Å². The molecule has 4 nitrogen and oxygen atoms in total. The van der Waals surface area contributed by atoms with Crippen molar-refractivity contribution in [2.24, 2.45) is 0 Å². The molecule has 1 unspecified atom stereocenters. The molecule has 0 bridgehead atoms. The van der Waals surface area contributed by atoms with E-state index < -0.39 is 0 Å². The Bertz CT molecular complexity index is 435. The monoisotopic (exact) mass is 292 g/mol. The summed E-state index contributed by atoms with van der Waals surface area (Å²) in [6.07, 6.45) is 2.43. The summed E-state index contributed by atoms with van der Waals surface area (Å²) in [5, 5.41) is 3.60. The molecule has 1 aliphatic heterocycles. The molecular formula is C17H28N2O2. The van der Waals surface area contributed by atoms with Crippen LogP contribution in [0.5, 0.6) is 11.5 Å². The summed E-state index contributed by atoms with van der Waals surface area (Å²) in [6.45, 7) is 10.7. The summed E-state index contributed by atoms with van der Waals surface area (Å²) in [5.74, 6) is 1.87. The molecule has 21 heavy (non-hydrogen) atoms. The maximum atomic E-state index is 5.80. The van der Waals surface area contributed by atoms with Gasteiger partial charge < -0.3 is 19.7 Å². The number of nitrogens with one attached hydrogen (secondary N) is 1. The fourth-order valence-electron chi connectivity index (χ4n) is 2.86. The van der Waals surface area contributed by atoms with Crippen molar-refractivity contribution in [1.29, 1.82) is 0 Å². The Morgan fingerprint density at radius 3 is 2.71 bits per heavy atom. The summed E-state index contributed by atoms with van der Waals surface area (Å²) in [6, 6.07) is 6.70. The Balaban J connectivity index is 2.19. The summed E-state index contributed by atoms with van der Waals surface area (Å²) in [7, 11) is 0. The van der Waals surface area contributed by atoms with Gasteiger partial charge >= 0.3 is 0 Å². The van der Waals surface area contributed by atoms with Crippen molar-refractivity contribution in [2.75, 3.05) is 37.7 Å². The number of anilines is 1. The van der Waals surface area contributed by atoms with Crippen LogP contribution in [-0.4, -0.2) is 38.9 Å². The Kier molecular flexibility index (Phi) is 6.18. The zero-order valence-corrected chi connectivity index (χ0v) is 13.5. The van der Waals surface area contributed by atoms with E-state index in [0.717, 1.165) is 36.8 Å². The van der Waals surface area contributed by atoms with Gasteiger partial charge in [-0.3, -0.25) is 0 Å². The minimum atomic E-state index is 0.564. The summed E-state index contributed by atoms with van der Waals surface area (Å²) >= 11 is 0. The highest BCUT2D eigenvalue weighted by molar-refractivity contribution is 5.62. The highest BCUT2D eigenvalue weighted by atomic mass is 16.5. The van der Waals surface area contributed by atoms with Crippen LogP contribution in [0.4, 0.5) is 5.69 Å². The second-order valence-electron chi connectivity index (χ2n) is 5.38. The molecule has 1 aromatic carbocycles. The Morgan fingerprint density at radius 2 is 2.00 bits per heavy atom. The van der Waals surface area contributed by atoms with Crippen LogP contribution in [0.1, 0.15) is 33.6 Å².